The number of fused-ring (bicyclic) bond motifs is 1. The van der Waals surface area contributed by atoms with Crippen LogP contribution < -0.4 is 10.2 Å². The van der Waals surface area contributed by atoms with Crippen molar-refractivity contribution < 1.29 is 9.59 Å². The zero-order chi connectivity index (χ0) is 19.8. The van der Waals surface area contributed by atoms with E-state index in [1.54, 1.807) is 0 Å². The minimum atomic E-state index is -0.225. The summed E-state index contributed by atoms with van der Waals surface area (Å²) in [5.41, 5.74) is 0.923. The fourth-order valence-corrected chi connectivity index (χ4v) is 4.77. The number of rotatable bonds is 5. The van der Waals surface area contributed by atoms with Crippen molar-refractivity contribution in [2.45, 2.75) is 38.1 Å². The lowest BCUT2D eigenvalue weighted by Gasteiger charge is -2.34. The molecule has 0 spiro atoms. The highest BCUT2D eigenvalue weighted by molar-refractivity contribution is 6.07. The van der Waals surface area contributed by atoms with Crippen LogP contribution in [0.1, 0.15) is 32.1 Å². The van der Waals surface area contributed by atoms with E-state index < -0.39 is 0 Å². The van der Waals surface area contributed by atoms with Gasteiger partial charge in [0.15, 0.2) is 0 Å². The average molecular weight is 392 g/mol. The fraction of sp³-hybridized carbons (Fsp3) is 0.500. The van der Waals surface area contributed by atoms with Crippen LogP contribution >= 0.6 is 0 Å². The van der Waals surface area contributed by atoms with Gasteiger partial charge in [-0.25, -0.2) is 0 Å². The molecule has 1 saturated carbocycles. The maximum absolute atomic E-state index is 13.1. The van der Waals surface area contributed by atoms with Crippen LogP contribution in [0.25, 0.3) is 10.8 Å². The Bertz CT molecular complexity index is 910. The lowest BCUT2D eigenvalue weighted by molar-refractivity contribution is -0.136. The number of anilines is 1. The van der Waals surface area contributed by atoms with E-state index >= 15 is 0 Å². The molecule has 1 N–H and O–H groups in total. The van der Waals surface area contributed by atoms with Gasteiger partial charge in [0.25, 0.3) is 0 Å². The van der Waals surface area contributed by atoms with E-state index in [-0.39, 0.29) is 17.7 Å². The summed E-state index contributed by atoms with van der Waals surface area (Å²) in [5, 5.41) is 5.85. The molecule has 29 heavy (non-hydrogen) atoms. The molecular formula is C24H29N3O2. The summed E-state index contributed by atoms with van der Waals surface area (Å²) in [6.07, 6.45) is 5.10. The van der Waals surface area contributed by atoms with Crippen LogP contribution in [0, 0.1) is 11.8 Å². The van der Waals surface area contributed by atoms with Gasteiger partial charge in [-0.2, -0.15) is 0 Å². The summed E-state index contributed by atoms with van der Waals surface area (Å²) in [4.78, 5) is 29.7. The number of carbonyl (C=O) groups excluding carboxylic acids is 2. The van der Waals surface area contributed by atoms with Crippen LogP contribution in [0.2, 0.25) is 0 Å². The van der Waals surface area contributed by atoms with E-state index in [0.717, 1.165) is 54.9 Å². The molecule has 1 aliphatic carbocycles. The molecule has 5 rings (SSSR count). The molecule has 2 aliphatic heterocycles. The first kappa shape index (κ1) is 18.6. The highest BCUT2D eigenvalue weighted by atomic mass is 16.2. The molecule has 0 aromatic heterocycles. The third kappa shape index (κ3) is 3.88. The normalized spacial score (nSPS) is 23.2. The van der Waals surface area contributed by atoms with Crippen molar-refractivity contribution in [2.75, 3.05) is 31.1 Å². The number of hydrogen-bond acceptors (Lipinski definition) is 3. The number of amides is 2. The Labute approximate surface area is 172 Å². The zero-order valence-corrected chi connectivity index (χ0v) is 16.8. The SMILES string of the molecule is O=C(C1CC(=O)N(c2cccc3ccccc23)C1)N1CCC(NCC2CC2)CC1. The first-order valence-electron chi connectivity index (χ1n) is 11.0. The van der Waals surface area contributed by atoms with Crippen LogP contribution in [0.15, 0.2) is 42.5 Å². The standard InChI is InChI=1S/C24H29N3O2/c28-23-14-19(16-27(23)22-7-3-5-18-4-1-2-6-21(18)22)24(29)26-12-10-20(11-13-26)25-15-17-8-9-17/h1-7,17,19-20,25H,8-16H2. The van der Waals surface area contributed by atoms with E-state index in [2.05, 4.69) is 17.4 Å². The second-order valence-electron chi connectivity index (χ2n) is 8.85. The number of hydrogen-bond donors (Lipinski definition) is 1. The number of nitrogens with zero attached hydrogens (tertiary/aromatic N) is 2. The molecule has 3 fully saturated rings. The van der Waals surface area contributed by atoms with E-state index in [0.29, 0.717) is 19.0 Å². The molecule has 2 amide bonds. The predicted octanol–water partition coefficient (Wildman–Crippen LogP) is 3.18. The molecule has 2 heterocycles. The van der Waals surface area contributed by atoms with Gasteiger partial charge in [0, 0.05) is 37.5 Å². The third-order valence-electron chi connectivity index (χ3n) is 6.73. The van der Waals surface area contributed by atoms with E-state index in [4.69, 9.17) is 0 Å². The lowest BCUT2D eigenvalue weighted by Crippen LogP contribution is -2.47. The van der Waals surface area contributed by atoms with Crippen LogP contribution in [-0.4, -0.2) is 48.9 Å². The zero-order valence-electron chi connectivity index (χ0n) is 16.8. The van der Waals surface area contributed by atoms with Crippen molar-refractivity contribution in [3.8, 4) is 0 Å². The number of piperidine rings is 1. The van der Waals surface area contributed by atoms with Gasteiger partial charge in [-0.15, -0.1) is 0 Å². The van der Waals surface area contributed by atoms with Gasteiger partial charge in [0.1, 0.15) is 0 Å². The van der Waals surface area contributed by atoms with Crippen molar-refractivity contribution >= 4 is 28.3 Å². The molecule has 1 atom stereocenters. The second-order valence-corrected chi connectivity index (χ2v) is 8.85. The monoisotopic (exact) mass is 391 g/mol. The smallest absolute Gasteiger partial charge is 0.228 e. The third-order valence-corrected chi connectivity index (χ3v) is 6.73. The van der Waals surface area contributed by atoms with Gasteiger partial charge in [-0.1, -0.05) is 36.4 Å². The van der Waals surface area contributed by atoms with E-state index in [9.17, 15) is 9.59 Å². The first-order chi connectivity index (χ1) is 14.2. The van der Waals surface area contributed by atoms with Crippen LogP contribution in [0.3, 0.4) is 0 Å². The molecular weight excluding hydrogens is 362 g/mol. The lowest BCUT2D eigenvalue weighted by atomic mass is 10.0. The summed E-state index contributed by atoms with van der Waals surface area (Å²) in [5.74, 6) is 0.874. The number of likely N-dealkylation sites (tertiary alicyclic amines) is 1. The first-order valence-corrected chi connectivity index (χ1v) is 11.0. The second kappa shape index (κ2) is 7.79. The predicted molar refractivity (Wildman–Crippen MR) is 115 cm³/mol. The highest BCUT2D eigenvalue weighted by Gasteiger charge is 2.38. The van der Waals surface area contributed by atoms with Gasteiger partial charge in [0.05, 0.1) is 11.6 Å². The Morgan fingerprint density at radius 3 is 2.55 bits per heavy atom. The van der Waals surface area contributed by atoms with E-state index in [1.807, 2.05) is 40.1 Å². The molecule has 5 heteroatoms. The molecule has 152 valence electrons. The van der Waals surface area contributed by atoms with Crippen molar-refractivity contribution in [3.63, 3.8) is 0 Å². The quantitative estimate of drug-likeness (QED) is 0.852. The molecule has 3 aliphatic rings. The van der Waals surface area contributed by atoms with Crippen molar-refractivity contribution in [2.24, 2.45) is 11.8 Å². The summed E-state index contributed by atoms with van der Waals surface area (Å²) in [6.45, 7) is 3.24. The summed E-state index contributed by atoms with van der Waals surface area (Å²) in [7, 11) is 0. The molecule has 5 nitrogen and oxygen atoms in total. The van der Waals surface area contributed by atoms with E-state index in [1.165, 1.54) is 12.8 Å². The molecule has 2 aromatic rings. The van der Waals surface area contributed by atoms with Gasteiger partial charge >= 0.3 is 0 Å². The van der Waals surface area contributed by atoms with Crippen molar-refractivity contribution in [1.82, 2.24) is 10.2 Å². The van der Waals surface area contributed by atoms with Crippen LogP contribution in [0.5, 0.6) is 0 Å². The number of carbonyl (C=O) groups is 2. The Kier molecular flexibility index (Phi) is 5.00. The topological polar surface area (TPSA) is 52.7 Å². The Hall–Kier alpha value is -2.40. The van der Waals surface area contributed by atoms with Crippen molar-refractivity contribution in [3.05, 3.63) is 42.5 Å². The summed E-state index contributed by atoms with van der Waals surface area (Å²) < 4.78 is 0. The number of benzene rings is 2. The minimum absolute atomic E-state index is 0.0562. The summed E-state index contributed by atoms with van der Waals surface area (Å²) in [6, 6.07) is 14.7. The molecule has 2 saturated heterocycles. The van der Waals surface area contributed by atoms with Gasteiger partial charge in [-0.05, 0) is 49.6 Å². The largest absolute Gasteiger partial charge is 0.342 e. The Morgan fingerprint density at radius 2 is 1.76 bits per heavy atom. The molecule has 2 aromatic carbocycles. The highest BCUT2D eigenvalue weighted by Crippen LogP contribution is 2.33. The maximum atomic E-state index is 13.1. The average Bonchev–Trinajstić information content (AvgIpc) is 3.52. The molecule has 1 unspecified atom stereocenters. The van der Waals surface area contributed by atoms with Gasteiger partial charge < -0.3 is 15.1 Å². The van der Waals surface area contributed by atoms with Crippen molar-refractivity contribution in [1.29, 1.82) is 0 Å². The summed E-state index contributed by atoms with van der Waals surface area (Å²) >= 11 is 0. The maximum Gasteiger partial charge on any atom is 0.228 e. The van der Waals surface area contributed by atoms with Crippen LogP contribution in [0.4, 0.5) is 5.69 Å². The number of nitrogens with one attached hydrogen (secondary N) is 1. The molecule has 0 bridgehead atoms. The Morgan fingerprint density at radius 1 is 1.00 bits per heavy atom. The van der Waals surface area contributed by atoms with Crippen LogP contribution in [-0.2, 0) is 9.59 Å². The van der Waals surface area contributed by atoms with Gasteiger partial charge in [-0.3, -0.25) is 9.59 Å². The molecule has 0 radical (unpaired) electrons. The van der Waals surface area contributed by atoms with Gasteiger partial charge in [0.2, 0.25) is 11.8 Å². The fourth-order valence-electron chi connectivity index (χ4n) is 4.77. The Balaban J connectivity index is 1.22. The minimum Gasteiger partial charge on any atom is -0.342 e.